The number of nitrogens with one attached hydrogen (secondary N) is 1. The maximum Gasteiger partial charge on any atom is 0.231 e. The molecule has 2 heterocycles. The number of benzene rings is 1. The number of carbonyl (C=O) groups excluding carboxylic acids is 1. The maximum absolute atomic E-state index is 13.4. The number of hydrogen-bond donors (Lipinski definition) is 2. The highest BCUT2D eigenvalue weighted by atomic mass is 19.1. The smallest absolute Gasteiger partial charge is 0.231 e. The molecule has 2 N–H and O–H groups in total. The first-order chi connectivity index (χ1) is 15.7. The van der Waals surface area contributed by atoms with Gasteiger partial charge in [-0.15, -0.1) is 0 Å². The number of carbonyl (C=O) groups is 1. The third-order valence-electron chi connectivity index (χ3n) is 6.23. The van der Waals surface area contributed by atoms with Gasteiger partial charge in [0.2, 0.25) is 5.91 Å². The Morgan fingerprint density at radius 3 is 2.55 bits per heavy atom. The summed E-state index contributed by atoms with van der Waals surface area (Å²) in [6, 6.07) is 6.47. The number of amidine groups is 1. The van der Waals surface area contributed by atoms with Crippen LogP contribution >= 0.6 is 0 Å². The van der Waals surface area contributed by atoms with Gasteiger partial charge in [0.25, 0.3) is 0 Å². The first kappa shape index (κ1) is 25.1. The number of aliphatic hydroxyl groups is 1. The fourth-order valence-corrected chi connectivity index (χ4v) is 4.23. The van der Waals surface area contributed by atoms with Crippen molar-refractivity contribution < 1.29 is 14.3 Å². The topological polar surface area (TPSA) is 80.5 Å². The van der Waals surface area contributed by atoms with Gasteiger partial charge < -0.3 is 20.2 Å². The number of nitrogens with zero attached hydrogens (tertiary/aromatic N) is 4. The van der Waals surface area contributed by atoms with Crippen molar-refractivity contribution >= 4 is 18.1 Å². The Bertz CT molecular complexity index is 875. The van der Waals surface area contributed by atoms with E-state index in [2.05, 4.69) is 33.7 Å². The van der Waals surface area contributed by atoms with E-state index in [4.69, 9.17) is 0 Å². The van der Waals surface area contributed by atoms with Crippen LogP contribution in [0.2, 0.25) is 0 Å². The number of rotatable bonds is 5. The minimum absolute atomic E-state index is 0.0557. The van der Waals surface area contributed by atoms with Gasteiger partial charge in [-0.3, -0.25) is 4.79 Å². The molecule has 1 aromatic rings. The summed E-state index contributed by atoms with van der Waals surface area (Å²) in [6.45, 7) is 13.1. The van der Waals surface area contributed by atoms with Crippen molar-refractivity contribution in [3.05, 3.63) is 47.9 Å². The van der Waals surface area contributed by atoms with Gasteiger partial charge in [0.15, 0.2) is 0 Å². The molecule has 33 heavy (non-hydrogen) atoms. The van der Waals surface area contributed by atoms with Crippen LogP contribution in [0.5, 0.6) is 0 Å². The van der Waals surface area contributed by atoms with E-state index in [-0.39, 0.29) is 29.6 Å². The van der Waals surface area contributed by atoms with Gasteiger partial charge in [-0.05, 0) is 30.0 Å². The fourth-order valence-electron chi connectivity index (χ4n) is 4.23. The van der Waals surface area contributed by atoms with E-state index in [9.17, 15) is 14.3 Å². The molecule has 0 bridgehead atoms. The molecular formula is C25H36FN5O2. The van der Waals surface area contributed by atoms with Crippen LogP contribution in [0.25, 0.3) is 0 Å². The minimum Gasteiger partial charge on any atom is -0.387 e. The van der Waals surface area contributed by atoms with Gasteiger partial charge in [-0.2, -0.15) is 0 Å². The van der Waals surface area contributed by atoms with E-state index < -0.39 is 6.10 Å². The number of aliphatic hydroxyl groups excluding tert-OH is 1. The molecule has 0 spiro atoms. The van der Waals surface area contributed by atoms with E-state index in [1.54, 1.807) is 12.1 Å². The summed E-state index contributed by atoms with van der Waals surface area (Å²) in [5.74, 6) is 0.556. The summed E-state index contributed by atoms with van der Waals surface area (Å²) in [5, 5.41) is 13.5. The highest BCUT2D eigenvalue weighted by Crippen LogP contribution is 2.22. The van der Waals surface area contributed by atoms with E-state index in [1.165, 1.54) is 18.5 Å². The highest BCUT2D eigenvalue weighted by Gasteiger charge is 2.30. The molecule has 3 atom stereocenters. The predicted octanol–water partition coefficient (Wildman–Crippen LogP) is 2.78. The van der Waals surface area contributed by atoms with Crippen molar-refractivity contribution in [2.24, 2.45) is 15.9 Å². The lowest BCUT2D eigenvalue weighted by Gasteiger charge is -2.38. The lowest BCUT2D eigenvalue weighted by molar-refractivity contribution is -0.134. The molecule has 0 aliphatic carbocycles. The second-order valence-electron chi connectivity index (χ2n) is 9.32. The largest absolute Gasteiger partial charge is 0.387 e. The van der Waals surface area contributed by atoms with E-state index in [0.717, 1.165) is 17.8 Å². The summed E-state index contributed by atoms with van der Waals surface area (Å²) in [4.78, 5) is 26.2. The SMILES string of the molecule is C=C1N=CN=C(N2CCN(C(=O)C(CNC(C)C)c3ccc(F)cc3)CC2)C[C@H](C)C[C@H]1O. The number of hydrogen-bond acceptors (Lipinski definition) is 6. The summed E-state index contributed by atoms with van der Waals surface area (Å²) >= 11 is 0. The molecule has 0 aromatic heterocycles. The second kappa shape index (κ2) is 11.5. The maximum atomic E-state index is 13.4. The van der Waals surface area contributed by atoms with Gasteiger partial charge in [-0.1, -0.05) is 39.5 Å². The predicted molar refractivity (Wildman–Crippen MR) is 130 cm³/mol. The van der Waals surface area contributed by atoms with Crippen LogP contribution in [0, 0.1) is 11.7 Å². The Kier molecular flexibility index (Phi) is 8.74. The Balaban J connectivity index is 1.67. The number of amides is 1. The normalized spacial score (nSPS) is 23.1. The second-order valence-corrected chi connectivity index (χ2v) is 9.32. The minimum atomic E-state index is -0.650. The first-order valence-electron chi connectivity index (χ1n) is 11.7. The van der Waals surface area contributed by atoms with Gasteiger partial charge in [0.1, 0.15) is 18.0 Å². The van der Waals surface area contributed by atoms with Crippen LogP contribution in [-0.2, 0) is 4.79 Å². The van der Waals surface area contributed by atoms with E-state index in [1.807, 2.05) is 18.7 Å². The monoisotopic (exact) mass is 457 g/mol. The Hall–Kier alpha value is -2.58. The van der Waals surface area contributed by atoms with Crippen LogP contribution < -0.4 is 5.32 Å². The van der Waals surface area contributed by atoms with Crippen LogP contribution in [0.15, 0.2) is 46.5 Å². The summed E-state index contributed by atoms with van der Waals surface area (Å²) in [5.41, 5.74) is 1.26. The first-order valence-corrected chi connectivity index (χ1v) is 11.7. The third-order valence-corrected chi connectivity index (χ3v) is 6.23. The molecule has 2 aliphatic heterocycles. The lowest BCUT2D eigenvalue weighted by Crippen LogP contribution is -2.52. The molecule has 2 aliphatic rings. The van der Waals surface area contributed by atoms with Gasteiger partial charge in [-0.25, -0.2) is 14.4 Å². The quantitative estimate of drug-likeness (QED) is 0.713. The average Bonchev–Trinajstić information content (AvgIpc) is 2.84. The molecular weight excluding hydrogens is 421 g/mol. The van der Waals surface area contributed by atoms with Crippen LogP contribution in [-0.4, -0.2) is 77.9 Å². The van der Waals surface area contributed by atoms with Crippen LogP contribution in [0.3, 0.4) is 0 Å². The van der Waals surface area contributed by atoms with Crippen molar-refractivity contribution in [1.82, 2.24) is 15.1 Å². The molecule has 3 rings (SSSR count). The van der Waals surface area contributed by atoms with Crippen LogP contribution in [0.4, 0.5) is 4.39 Å². The van der Waals surface area contributed by atoms with Crippen molar-refractivity contribution in [3.63, 3.8) is 0 Å². The summed E-state index contributed by atoms with van der Waals surface area (Å²) in [6.07, 6.45) is 2.15. The molecule has 1 aromatic carbocycles. The molecule has 7 nitrogen and oxygen atoms in total. The van der Waals surface area contributed by atoms with E-state index in [0.29, 0.717) is 44.8 Å². The zero-order valence-corrected chi connectivity index (χ0v) is 19.9. The Morgan fingerprint density at radius 1 is 1.24 bits per heavy atom. The van der Waals surface area contributed by atoms with E-state index >= 15 is 0 Å². The number of halogens is 1. The van der Waals surface area contributed by atoms with Gasteiger partial charge >= 0.3 is 0 Å². The molecule has 1 fully saturated rings. The number of aliphatic imine (C=N–C) groups is 2. The fraction of sp³-hybridized carbons (Fsp3) is 0.560. The molecule has 8 heteroatoms. The van der Waals surface area contributed by atoms with Crippen molar-refractivity contribution in [2.75, 3.05) is 32.7 Å². The lowest BCUT2D eigenvalue weighted by atomic mass is 9.96. The molecule has 1 amide bonds. The zero-order valence-electron chi connectivity index (χ0n) is 19.9. The van der Waals surface area contributed by atoms with Gasteiger partial charge in [0.05, 0.1) is 17.7 Å². The summed E-state index contributed by atoms with van der Waals surface area (Å²) in [7, 11) is 0. The van der Waals surface area contributed by atoms with Crippen molar-refractivity contribution in [1.29, 1.82) is 0 Å². The highest BCUT2D eigenvalue weighted by molar-refractivity contribution is 5.90. The molecule has 0 saturated carbocycles. The Labute approximate surface area is 196 Å². The number of piperazine rings is 1. The molecule has 1 saturated heterocycles. The molecule has 0 radical (unpaired) electrons. The molecule has 1 unspecified atom stereocenters. The average molecular weight is 458 g/mol. The zero-order chi connectivity index (χ0) is 24.0. The third kappa shape index (κ3) is 6.95. The molecule has 180 valence electrons. The van der Waals surface area contributed by atoms with Crippen LogP contribution in [0.1, 0.15) is 45.1 Å². The Morgan fingerprint density at radius 2 is 1.91 bits per heavy atom. The van der Waals surface area contributed by atoms with Gasteiger partial charge in [0, 0.05) is 45.2 Å². The standard InChI is InChI=1S/C25H36FN5O2/c1-17(2)27-15-22(20-5-7-21(26)8-6-20)25(33)31-11-9-30(10-12-31)24-14-18(3)13-23(32)19(4)28-16-29-24/h5-8,16-18,22-23,27,32H,4,9-15H2,1-3H3/t18-,22?,23-/m1/s1. The summed E-state index contributed by atoms with van der Waals surface area (Å²) < 4.78 is 13.4. The van der Waals surface area contributed by atoms with Crippen molar-refractivity contribution in [3.8, 4) is 0 Å². The van der Waals surface area contributed by atoms with Crippen molar-refractivity contribution in [2.45, 2.75) is 51.7 Å².